The first kappa shape index (κ1) is 12.8. The topological polar surface area (TPSA) is 96.5 Å². The zero-order valence-electron chi connectivity index (χ0n) is 11.5. The van der Waals surface area contributed by atoms with Gasteiger partial charge in [0.1, 0.15) is 10.3 Å². The molecule has 4 aromatic heterocycles. The predicted molar refractivity (Wildman–Crippen MR) is 84.6 cm³/mol. The summed E-state index contributed by atoms with van der Waals surface area (Å²) in [5, 5.41) is 10.9. The molecule has 4 aromatic rings. The largest absolute Gasteiger partial charge is 0.302 e. The third-order valence-corrected chi connectivity index (χ3v) is 4.01. The van der Waals surface area contributed by atoms with E-state index in [9.17, 15) is 4.79 Å². The number of nitrogens with one attached hydrogen (secondary N) is 2. The van der Waals surface area contributed by atoms with Gasteiger partial charge >= 0.3 is 0 Å². The Hall–Kier alpha value is -2.87. The molecule has 22 heavy (non-hydrogen) atoms. The number of aromatic amines is 1. The zero-order chi connectivity index (χ0) is 15.1. The third-order valence-electron chi connectivity index (χ3n) is 3.13. The van der Waals surface area contributed by atoms with Crippen molar-refractivity contribution in [3.05, 3.63) is 30.6 Å². The van der Waals surface area contributed by atoms with Gasteiger partial charge in [0.2, 0.25) is 5.91 Å². The van der Waals surface area contributed by atoms with Gasteiger partial charge in [-0.3, -0.25) is 9.89 Å². The summed E-state index contributed by atoms with van der Waals surface area (Å²) in [5.41, 5.74) is 3.22. The first-order valence-corrected chi connectivity index (χ1v) is 7.35. The molecule has 108 valence electrons. The summed E-state index contributed by atoms with van der Waals surface area (Å²) in [6.45, 7) is 1.46. The minimum Gasteiger partial charge on any atom is -0.302 e. The van der Waals surface area contributed by atoms with Crippen LogP contribution in [0.4, 0.5) is 5.13 Å². The van der Waals surface area contributed by atoms with E-state index >= 15 is 0 Å². The van der Waals surface area contributed by atoms with Gasteiger partial charge in [0.25, 0.3) is 0 Å². The highest BCUT2D eigenvalue weighted by Crippen LogP contribution is 2.28. The van der Waals surface area contributed by atoms with E-state index in [1.54, 1.807) is 12.4 Å². The van der Waals surface area contributed by atoms with Crippen LogP contribution < -0.4 is 5.32 Å². The number of amides is 1. The molecule has 4 rings (SSSR count). The summed E-state index contributed by atoms with van der Waals surface area (Å²) in [4.78, 5) is 25.1. The SMILES string of the molecule is CC(=O)Nc1nc2ccc(-c3cnc4[nH]ncc4c3)nc2s1. The number of fused-ring (bicyclic) bond motifs is 2. The lowest BCUT2D eigenvalue weighted by molar-refractivity contribution is -0.114. The molecule has 0 aliphatic rings. The lowest BCUT2D eigenvalue weighted by Crippen LogP contribution is -2.04. The fraction of sp³-hybridized carbons (Fsp3) is 0.0714. The van der Waals surface area contributed by atoms with Gasteiger partial charge in [-0.2, -0.15) is 5.10 Å². The number of pyridine rings is 2. The molecule has 0 saturated carbocycles. The Labute approximate surface area is 128 Å². The molecule has 2 N–H and O–H groups in total. The second-order valence-electron chi connectivity index (χ2n) is 4.75. The molecule has 0 unspecified atom stereocenters. The number of hydrogen-bond acceptors (Lipinski definition) is 6. The molecule has 0 aliphatic carbocycles. The maximum absolute atomic E-state index is 11.1. The van der Waals surface area contributed by atoms with Crippen molar-refractivity contribution in [1.82, 2.24) is 25.1 Å². The molecule has 4 heterocycles. The summed E-state index contributed by atoms with van der Waals surface area (Å²) in [7, 11) is 0. The van der Waals surface area contributed by atoms with E-state index in [1.165, 1.54) is 18.3 Å². The van der Waals surface area contributed by atoms with Crippen molar-refractivity contribution in [2.24, 2.45) is 0 Å². The Morgan fingerprint density at radius 1 is 1.27 bits per heavy atom. The number of nitrogens with zero attached hydrogens (tertiary/aromatic N) is 4. The van der Waals surface area contributed by atoms with Crippen LogP contribution in [0.1, 0.15) is 6.92 Å². The van der Waals surface area contributed by atoms with Crippen LogP contribution >= 0.6 is 11.3 Å². The van der Waals surface area contributed by atoms with Crippen LogP contribution in [0.25, 0.3) is 32.6 Å². The molecule has 0 bridgehead atoms. The van der Waals surface area contributed by atoms with E-state index < -0.39 is 0 Å². The highest BCUT2D eigenvalue weighted by molar-refractivity contribution is 7.21. The Morgan fingerprint density at radius 2 is 2.18 bits per heavy atom. The second kappa shape index (κ2) is 4.85. The number of rotatable bonds is 2. The molecule has 0 spiro atoms. The molecular weight excluding hydrogens is 300 g/mol. The summed E-state index contributed by atoms with van der Waals surface area (Å²) < 4.78 is 0. The van der Waals surface area contributed by atoms with E-state index in [0.29, 0.717) is 5.13 Å². The average molecular weight is 310 g/mol. The smallest absolute Gasteiger partial charge is 0.223 e. The van der Waals surface area contributed by atoms with Crippen LogP contribution in [0.15, 0.2) is 30.6 Å². The quantitative estimate of drug-likeness (QED) is 0.593. The molecule has 0 saturated heterocycles. The second-order valence-corrected chi connectivity index (χ2v) is 5.73. The van der Waals surface area contributed by atoms with Crippen molar-refractivity contribution in [3.8, 4) is 11.3 Å². The number of aromatic nitrogens is 5. The number of H-pyrrole nitrogens is 1. The van der Waals surface area contributed by atoms with Crippen LogP contribution in [0.3, 0.4) is 0 Å². The summed E-state index contributed by atoms with van der Waals surface area (Å²) in [6.07, 6.45) is 3.48. The van der Waals surface area contributed by atoms with Crippen LogP contribution in [0, 0.1) is 0 Å². The summed E-state index contributed by atoms with van der Waals surface area (Å²) >= 11 is 1.35. The molecule has 7 nitrogen and oxygen atoms in total. The van der Waals surface area contributed by atoms with Crippen LogP contribution in [0.2, 0.25) is 0 Å². The van der Waals surface area contributed by atoms with Crippen LogP contribution in [0.5, 0.6) is 0 Å². The van der Waals surface area contributed by atoms with Crippen molar-refractivity contribution in [2.45, 2.75) is 6.92 Å². The molecular formula is C14H10N6OS. The fourth-order valence-corrected chi connectivity index (χ4v) is 3.04. The lowest BCUT2D eigenvalue weighted by atomic mass is 10.1. The number of carbonyl (C=O) groups excluding carboxylic acids is 1. The van der Waals surface area contributed by atoms with E-state index in [1.807, 2.05) is 18.2 Å². The number of thiazole rings is 1. The average Bonchev–Trinajstić information content (AvgIpc) is 3.10. The summed E-state index contributed by atoms with van der Waals surface area (Å²) in [5.74, 6) is -0.145. The minimum absolute atomic E-state index is 0.145. The van der Waals surface area contributed by atoms with Gasteiger partial charge in [0.15, 0.2) is 10.8 Å². The monoisotopic (exact) mass is 310 g/mol. The molecule has 8 heteroatoms. The normalized spacial score (nSPS) is 11.1. The van der Waals surface area contributed by atoms with Crippen LogP contribution in [-0.2, 0) is 4.79 Å². The highest BCUT2D eigenvalue weighted by Gasteiger charge is 2.09. The molecule has 0 aromatic carbocycles. The van der Waals surface area contributed by atoms with Gasteiger partial charge in [-0.05, 0) is 18.2 Å². The van der Waals surface area contributed by atoms with E-state index in [2.05, 4.69) is 30.5 Å². The van der Waals surface area contributed by atoms with Gasteiger partial charge in [-0.25, -0.2) is 15.0 Å². The van der Waals surface area contributed by atoms with E-state index in [0.717, 1.165) is 32.6 Å². The molecule has 1 amide bonds. The van der Waals surface area contributed by atoms with Gasteiger partial charge in [-0.1, -0.05) is 11.3 Å². The first-order chi connectivity index (χ1) is 10.7. The standard InChI is InChI=1S/C14H10N6OS/c1-7(21)17-14-19-11-3-2-10(18-13(11)22-14)8-4-9-6-16-20-12(9)15-5-8/h2-6H,1H3,(H,15,16,20)(H,17,19,21). The Balaban J connectivity index is 1.79. The summed E-state index contributed by atoms with van der Waals surface area (Å²) in [6, 6.07) is 5.76. The fourth-order valence-electron chi connectivity index (χ4n) is 2.16. The third kappa shape index (κ3) is 2.19. The highest BCUT2D eigenvalue weighted by atomic mass is 32.1. The Kier molecular flexibility index (Phi) is 2.83. The van der Waals surface area contributed by atoms with Gasteiger partial charge in [0.05, 0.1) is 11.9 Å². The van der Waals surface area contributed by atoms with Crippen molar-refractivity contribution in [2.75, 3.05) is 5.32 Å². The van der Waals surface area contributed by atoms with Crippen molar-refractivity contribution in [3.63, 3.8) is 0 Å². The molecule has 0 radical (unpaired) electrons. The zero-order valence-corrected chi connectivity index (χ0v) is 12.3. The van der Waals surface area contributed by atoms with E-state index in [-0.39, 0.29) is 5.91 Å². The number of carbonyl (C=O) groups is 1. The molecule has 0 aliphatic heterocycles. The van der Waals surface area contributed by atoms with Crippen molar-refractivity contribution >= 4 is 43.8 Å². The predicted octanol–water partition coefficient (Wildman–Crippen LogP) is 2.59. The minimum atomic E-state index is -0.145. The lowest BCUT2D eigenvalue weighted by Gasteiger charge is -1.99. The van der Waals surface area contributed by atoms with Gasteiger partial charge < -0.3 is 5.32 Å². The van der Waals surface area contributed by atoms with Crippen LogP contribution in [-0.4, -0.2) is 31.1 Å². The first-order valence-electron chi connectivity index (χ1n) is 6.54. The van der Waals surface area contributed by atoms with Crippen molar-refractivity contribution in [1.29, 1.82) is 0 Å². The molecule has 0 atom stereocenters. The van der Waals surface area contributed by atoms with Crippen molar-refractivity contribution < 1.29 is 4.79 Å². The number of anilines is 1. The Morgan fingerprint density at radius 3 is 3.05 bits per heavy atom. The van der Waals surface area contributed by atoms with Gasteiger partial charge in [0, 0.05) is 24.1 Å². The maximum atomic E-state index is 11.1. The van der Waals surface area contributed by atoms with E-state index in [4.69, 9.17) is 0 Å². The number of hydrogen-bond donors (Lipinski definition) is 2. The van der Waals surface area contributed by atoms with Gasteiger partial charge in [-0.15, -0.1) is 0 Å². The Bertz CT molecular complexity index is 1000. The maximum Gasteiger partial charge on any atom is 0.223 e. The molecule has 0 fully saturated rings.